The zero-order valence-electron chi connectivity index (χ0n) is 21.9. The predicted octanol–water partition coefficient (Wildman–Crippen LogP) is 4.26. The quantitative estimate of drug-likeness (QED) is 0.266. The number of likely N-dealkylation sites (tertiary alicyclic amines) is 1. The summed E-state index contributed by atoms with van der Waals surface area (Å²) in [6.07, 6.45) is 2.37. The molecule has 2 atom stereocenters. The molecule has 5 rings (SSSR count). The SMILES string of the molecule is COCCOc1cc2ncnc(Nc3ccc(F)c(Cl)c3)c2cc1CC(=O)/C(F)=C\CN1C[C@@H]2OCCO[C@H]2C1. The van der Waals surface area contributed by atoms with Gasteiger partial charge in [0.25, 0.3) is 0 Å². The van der Waals surface area contributed by atoms with Gasteiger partial charge >= 0.3 is 0 Å². The van der Waals surface area contributed by atoms with Gasteiger partial charge in [0.2, 0.25) is 0 Å². The molecule has 3 heterocycles. The van der Waals surface area contributed by atoms with E-state index < -0.39 is 17.4 Å². The summed E-state index contributed by atoms with van der Waals surface area (Å²) in [6, 6.07) is 7.56. The van der Waals surface area contributed by atoms with Crippen molar-refractivity contribution >= 4 is 39.8 Å². The Hall–Kier alpha value is -3.22. The number of allylic oxidation sites excluding steroid dienone is 1. The van der Waals surface area contributed by atoms with Gasteiger partial charge in [-0.1, -0.05) is 11.6 Å². The first-order valence-corrected chi connectivity index (χ1v) is 13.2. The fourth-order valence-electron chi connectivity index (χ4n) is 4.71. The number of nitrogens with zero attached hydrogens (tertiary/aromatic N) is 3. The van der Waals surface area contributed by atoms with E-state index in [2.05, 4.69) is 15.3 Å². The summed E-state index contributed by atoms with van der Waals surface area (Å²) in [5.41, 5.74) is 1.50. The lowest BCUT2D eigenvalue weighted by atomic mass is 10.0. The average Bonchev–Trinajstić information content (AvgIpc) is 3.37. The van der Waals surface area contributed by atoms with Crippen molar-refractivity contribution in [3.05, 3.63) is 65.0 Å². The van der Waals surface area contributed by atoms with Crippen molar-refractivity contribution in [3.63, 3.8) is 0 Å². The smallest absolute Gasteiger partial charge is 0.195 e. The van der Waals surface area contributed by atoms with Crippen LogP contribution in [0.2, 0.25) is 5.02 Å². The van der Waals surface area contributed by atoms with E-state index in [9.17, 15) is 13.6 Å². The van der Waals surface area contributed by atoms with E-state index in [0.717, 1.165) is 0 Å². The fourth-order valence-corrected chi connectivity index (χ4v) is 4.89. The molecule has 9 nitrogen and oxygen atoms in total. The van der Waals surface area contributed by atoms with Crippen LogP contribution in [0.5, 0.6) is 5.75 Å². The maximum absolute atomic E-state index is 15.0. The van der Waals surface area contributed by atoms with Crippen molar-refractivity contribution in [2.45, 2.75) is 18.6 Å². The van der Waals surface area contributed by atoms with Crippen molar-refractivity contribution < 1.29 is 32.5 Å². The topological polar surface area (TPSA) is 95.0 Å². The van der Waals surface area contributed by atoms with Gasteiger partial charge in [-0.15, -0.1) is 0 Å². The molecule has 2 saturated heterocycles. The third kappa shape index (κ3) is 6.73. The van der Waals surface area contributed by atoms with Crippen LogP contribution in [0, 0.1) is 5.82 Å². The van der Waals surface area contributed by atoms with Crippen LogP contribution in [0.3, 0.4) is 0 Å². The number of halogens is 3. The van der Waals surface area contributed by atoms with Gasteiger partial charge in [0.05, 0.1) is 42.6 Å². The van der Waals surface area contributed by atoms with Crippen molar-refractivity contribution in [1.82, 2.24) is 14.9 Å². The Morgan fingerprint density at radius 1 is 1.18 bits per heavy atom. The van der Waals surface area contributed by atoms with Gasteiger partial charge in [-0.25, -0.2) is 18.7 Å². The lowest BCUT2D eigenvalue weighted by Gasteiger charge is -2.24. The number of benzene rings is 2. The van der Waals surface area contributed by atoms with Crippen molar-refractivity contribution in [1.29, 1.82) is 0 Å². The van der Waals surface area contributed by atoms with Gasteiger partial charge < -0.3 is 24.3 Å². The molecule has 0 bridgehead atoms. The number of methoxy groups -OCH3 is 1. The second-order valence-corrected chi connectivity index (χ2v) is 9.89. The Bertz CT molecular complexity index is 1390. The Balaban J connectivity index is 1.36. The predicted molar refractivity (Wildman–Crippen MR) is 145 cm³/mol. The Kier molecular flexibility index (Phi) is 9.18. The molecule has 0 aliphatic carbocycles. The van der Waals surface area contributed by atoms with Crippen molar-refractivity contribution in [2.24, 2.45) is 0 Å². The highest BCUT2D eigenvalue weighted by Gasteiger charge is 2.36. The summed E-state index contributed by atoms with van der Waals surface area (Å²) in [6.45, 7) is 3.18. The molecule has 0 unspecified atom stereocenters. The van der Waals surface area contributed by atoms with E-state index in [4.69, 9.17) is 30.5 Å². The highest BCUT2D eigenvalue weighted by molar-refractivity contribution is 6.31. The number of aromatic nitrogens is 2. The van der Waals surface area contributed by atoms with Crippen LogP contribution >= 0.6 is 11.6 Å². The van der Waals surface area contributed by atoms with Gasteiger partial charge in [-0.3, -0.25) is 9.69 Å². The van der Waals surface area contributed by atoms with Crippen LogP contribution in [0.1, 0.15) is 5.56 Å². The molecule has 0 radical (unpaired) electrons. The first-order chi connectivity index (χ1) is 19.4. The summed E-state index contributed by atoms with van der Waals surface area (Å²) in [5.74, 6) is -1.27. The molecular formula is C28H29ClF2N4O5. The zero-order chi connectivity index (χ0) is 28.1. The van der Waals surface area contributed by atoms with Crippen LogP contribution in [0.25, 0.3) is 10.9 Å². The number of hydrogen-bond donors (Lipinski definition) is 1. The molecule has 2 aliphatic heterocycles. The molecule has 0 spiro atoms. The second kappa shape index (κ2) is 13.0. The monoisotopic (exact) mass is 574 g/mol. The standard InChI is InChI=1S/C28H29ClF2N4O5/c1-37-6-7-38-25-13-23-19(28(33-16-32-23)34-18-2-3-21(30)20(29)12-18)10-17(25)11-24(36)22(31)4-5-35-14-26-27(15-35)40-9-8-39-26/h2-4,10,12-13,16,26-27H,5-9,11,14-15H2,1H3,(H,32,33,34)/b22-4+/t26-,27-/m0/s1. The maximum Gasteiger partial charge on any atom is 0.195 e. The number of carbonyl (C=O) groups is 1. The zero-order valence-corrected chi connectivity index (χ0v) is 22.6. The molecule has 2 fully saturated rings. The summed E-state index contributed by atoms with van der Waals surface area (Å²) in [4.78, 5) is 23.6. The van der Waals surface area contributed by atoms with E-state index in [1.54, 1.807) is 19.2 Å². The van der Waals surface area contributed by atoms with Crippen LogP contribution in [0.15, 0.2) is 48.6 Å². The molecule has 40 heavy (non-hydrogen) atoms. The third-order valence-corrected chi connectivity index (χ3v) is 7.02. The van der Waals surface area contributed by atoms with Crippen molar-refractivity contribution in [2.75, 3.05) is 58.5 Å². The van der Waals surface area contributed by atoms with E-state index in [1.165, 1.54) is 30.6 Å². The lowest BCUT2D eigenvalue weighted by molar-refractivity contribution is -0.116. The summed E-state index contributed by atoms with van der Waals surface area (Å²) in [7, 11) is 1.55. The molecule has 0 amide bonds. The number of nitrogens with one attached hydrogen (secondary N) is 1. The molecule has 2 aliphatic rings. The molecular weight excluding hydrogens is 546 g/mol. The van der Waals surface area contributed by atoms with E-state index in [0.29, 0.717) is 66.6 Å². The molecule has 1 N–H and O–H groups in total. The summed E-state index contributed by atoms with van der Waals surface area (Å²) < 4.78 is 50.9. The third-order valence-electron chi connectivity index (χ3n) is 6.73. The number of Topliss-reactive ketones (excluding diaryl/α,β-unsaturated/α-hetero) is 1. The minimum atomic E-state index is -0.830. The largest absolute Gasteiger partial charge is 0.491 e. The minimum Gasteiger partial charge on any atom is -0.491 e. The number of carbonyl (C=O) groups excluding carboxylic acids is 1. The van der Waals surface area contributed by atoms with Gasteiger partial charge in [-0.2, -0.15) is 0 Å². The summed E-state index contributed by atoms with van der Waals surface area (Å²) >= 11 is 5.92. The molecule has 2 aromatic carbocycles. The molecule has 3 aromatic rings. The van der Waals surface area contributed by atoms with Crippen molar-refractivity contribution in [3.8, 4) is 5.75 Å². The lowest BCUT2D eigenvalue weighted by Crippen LogP contribution is -2.36. The van der Waals surface area contributed by atoms with Gasteiger partial charge in [0, 0.05) is 55.9 Å². The second-order valence-electron chi connectivity index (χ2n) is 9.48. The number of hydrogen-bond acceptors (Lipinski definition) is 9. The normalized spacial score (nSPS) is 19.6. The van der Waals surface area contributed by atoms with E-state index >= 15 is 0 Å². The number of anilines is 2. The Morgan fingerprint density at radius 2 is 1.95 bits per heavy atom. The number of ketones is 1. The Morgan fingerprint density at radius 3 is 2.67 bits per heavy atom. The van der Waals surface area contributed by atoms with Gasteiger partial charge in [-0.05, 0) is 30.3 Å². The fraction of sp³-hybridized carbons (Fsp3) is 0.393. The molecule has 12 heteroatoms. The molecule has 1 aromatic heterocycles. The summed E-state index contributed by atoms with van der Waals surface area (Å²) in [5, 5.41) is 3.62. The maximum atomic E-state index is 15.0. The first kappa shape index (κ1) is 28.3. The van der Waals surface area contributed by atoms with Crippen LogP contribution in [-0.2, 0) is 25.4 Å². The first-order valence-electron chi connectivity index (χ1n) is 12.9. The average molecular weight is 575 g/mol. The van der Waals surface area contributed by atoms with E-state index in [1.807, 2.05) is 4.90 Å². The minimum absolute atomic E-state index is 0.0266. The number of fused-ring (bicyclic) bond motifs is 2. The van der Waals surface area contributed by atoms with Crippen LogP contribution in [0.4, 0.5) is 20.3 Å². The highest BCUT2D eigenvalue weighted by atomic mass is 35.5. The number of ether oxygens (including phenoxy) is 4. The Labute approximate surface area is 235 Å². The van der Waals surface area contributed by atoms with Gasteiger partial charge in [0.15, 0.2) is 11.6 Å². The van der Waals surface area contributed by atoms with Crippen LogP contribution in [-0.4, -0.2) is 86.0 Å². The van der Waals surface area contributed by atoms with E-state index in [-0.39, 0.29) is 36.8 Å². The molecule has 0 saturated carbocycles. The number of rotatable bonds is 11. The van der Waals surface area contributed by atoms with Gasteiger partial charge in [0.1, 0.15) is 30.3 Å². The highest BCUT2D eigenvalue weighted by Crippen LogP contribution is 2.32. The molecule has 212 valence electrons. The van der Waals surface area contributed by atoms with Crippen LogP contribution < -0.4 is 10.1 Å².